The molecule has 0 aromatic heterocycles. The van der Waals surface area contributed by atoms with Crippen molar-refractivity contribution in [1.29, 1.82) is 0 Å². The molecule has 0 unspecified atom stereocenters. The maximum atomic E-state index is 13.4. The van der Waals surface area contributed by atoms with Gasteiger partial charge in [0, 0.05) is 5.02 Å². The first-order valence-corrected chi connectivity index (χ1v) is 8.30. The first kappa shape index (κ1) is 18.2. The van der Waals surface area contributed by atoms with Crippen molar-refractivity contribution in [2.24, 2.45) is 5.92 Å². The van der Waals surface area contributed by atoms with E-state index in [1.165, 1.54) is 19.2 Å². The van der Waals surface area contributed by atoms with Gasteiger partial charge in [-0.15, -0.1) is 0 Å². The molecule has 0 aliphatic carbocycles. The molecule has 0 N–H and O–H groups in total. The number of halogens is 2. The van der Waals surface area contributed by atoms with Crippen LogP contribution in [0.5, 0.6) is 11.5 Å². The van der Waals surface area contributed by atoms with E-state index >= 15 is 0 Å². The van der Waals surface area contributed by atoms with Crippen LogP contribution in [-0.4, -0.2) is 32.1 Å². The highest BCUT2D eigenvalue weighted by Gasteiger charge is 2.28. The van der Waals surface area contributed by atoms with Crippen LogP contribution in [0.2, 0.25) is 5.02 Å². The molecule has 136 valence electrons. The van der Waals surface area contributed by atoms with Crippen LogP contribution in [0.3, 0.4) is 0 Å². The number of carbonyl (C=O) groups is 2. The summed E-state index contributed by atoms with van der Waals surface area (Å²) in [5.74, 6) is -1.32. The van der Waals surface area contributed by atoms with E-state index in [-0.39, 0.29) is 17.9 Å². The molecule has 3 rings (SSSR count). The molecule has 1 atom stereocenters. The Bertz CT molecular complexity index is 852. The van der Waals surface area contributed by atoms with E-state index < -0.39 is 30.1 Å². The van der Waals surface area contributed by atoms with Crippen molar-refractivity contribution in [3.05, 3.63) is 58.4 Å². The molecular weight excluding hydrogens is 363 g/mol. The highest BCUT2D eigenvalue weighted by molar-refractivity contribution is 6.30. The average molecular weight is 379 g/mol. The SMILES string of the molecule is COc1ccc(F)cc1C(=O)COC(=O)[C@H]1COc2ccc(Cl)cc2C1. The van der Waals surface area contributed by atoms with Gasteiger partial charge in [-0.1, -0.05) is 11.6 Å². The largest absolute Gasteiger partial charge is 0.496 e. The number of carbonyl (C=O) groups excluding carboxylic acids is 2. The third kappa shape index (κ3) is 3.96. The number of fused-ring (bicyclic) bond motifs is 1. The topological polar surface area (TPSA) is 61.8 Å². The number of rotatable bonds is 5. The summed E-state index contributed by atoms with van der Waals surface area (Å²) in [7, 11) is 1.37. The minimum Gasteiger partial charge on any atom is -0.496 e. The Morgan fingerprint density at radius 3 is 2.85 bits per heavy atom. The molecule has 0 amide bonds. The standard InChI is InChI=1S/C19H16ClFO5/c1-24-18-5-3-14(21)8-15(18)16(22)10-26-19(23)12-6-11-7-13(20)2-4-17(11)25-9-12/h2-5,7-8,12H,6,9-10H2,1H3/t12-/m1/s1. The van der Waals surface area contributed by atoms with E-state index in [0.29, 0.717) is 17.2 Å². The van der Waals surface area contributed by atoms with Crippen molar-refractivity contribution in [2.75, 3.05) is 20.3 Å². The molecule has 0 radical (unpaired) electrons. The summed E-state index contributed by atoms with van der Waals surface area (Å²) in [4.78, 5) is 24.5. The molecule has 0 bridgehead atoms. The van der Waals surface area contributed by atoms with Gasteiger partial charge in [-0.05, 0) is 48.4 Å². The van der Waals surface area contributed by atoms with Gasteiger partial charge < -0.3 is 14.2 Å². The number of esters is 1. The number of ether oxygens (including phenoxy) is 3. The molecule has 0 spiro atoms. The molecule has 1 aliphatic rings. The number of Topliss-reactive ketones (excluding diaryl/α,β-unsaturated/α-hetero) is 1. The molecule has 2 aromatic rings. The molecule has 1 aliphatic heterocycles. The van der Waals surface area contributed by atoms with Gasteiger partial charge >= 0.3 is 5.97 Å². The Balaban J connectivity index is 1.63. The zero-order valence-electron chi connectivity index (χ0n) is 14.0. The summed E-state index contributed by atoms with van der Waals surface area (Å²) >= 11 is 5.96. The zero-order valence-corrected chi connectivity index (χ0v) is 14.7. The molecule has 0 saturated heterocycles. The summed E-state index contributed by atoms with van der Waals surface area (Å²) in [5.41, 5.74) is 0.834. The lowest BCUT2D eigenvalue weighted by Crippen LogP contribution is -2.31. The van der Waals surface area contributed by atoms with Gasteiger partial charge in [0.25, 0.3) is 0 Å². The van der Waals surface area contributed by atoms with Crippen LogP contribution in [0.4, 0.5) is 4.39 Å². The highest BCUT2D eigenvalue weighted by atomic mass is 35.5. The van der Waals surface area contributed by atoms with Crippen LogP contribution in [0.25, 0.3) is 0 Å². The third-order valence-corrected chi connectivity index (χ3v) is 4.30. The number of hydrogen-bond donors (Lipinski definition) is 0. The number of ketones is 1. The molecule has 5 nitrogen and oxygen atoms in total. The Hall–Kier alpha value is -2.60. The molecule has 26 heavy (non-hydrogen) atoms. The molecule has 2 aromatic carbocycles. The minimum absolute atomic E-state index is 0.0253. The molecule has 1 heterocycles. The predicted octanol–water partition coefficient (Wildman–Crippen LogP) is 3.46. The van der Waals surface area contributed by atoms with Crippen molar-refractivity contribution >= 4 is 23.4 Å². The van der Waals surface area contributed by atoms with Crippen LogP contribution in [-0.2, 0) is 16.0 Å². The lowest BCUT2D eigenvalue weighted by atomic mass is 9.97. The van der Waals surface area contributed by atoms with Gasteiger partial charge in [0.05, 0.1) is 18.6 Å². The first-order chi connectivity index (χ1) is 12.5. The Morgan fingerprint density at radius 1 is 1.27 bits per heavy atom. The van der Waals surface area contributed by atoms with Crippen molar-refractivity contribution in [3.8, 4) is 11.5 Å². The second-order valence-corrected chi connectivity index (χ2v) is 6.28. The van der Waals surface area contributed by atoms with Crippen LogP contribution < -0.4 is 9.47 Å². The summed E-state index contributed by atoms with van der Waals surface area (Å²) in [5, 5.41) is 0.551. The van der Waals surface area contributed by atoms with E-state index in [9.17, 15) is 14.0 Å². The van der Waals surface area contributed by atoms with E-state index in [4.69, 9.17) is 25.8 Å². The summed E-state index contributed by atoms with van der Waals surface area (Å²) in [6.07, 6.45) is 0.409. The Kier molecular flexibility index (Phi) is 5.42. The maximum absolute atomic E-state index is 13.4. The van der Waals surface area contributed by atoms with E-state index in [2.05, 4.69) is 0 Å². The van der Waals surface area contributed by atoms with Crippen molar-refractivity contribution < 1.29 is 28.2 Å². The van der Waals surface area contributed by atoms with Crippen LogP contribution in [0, 0.1) is 11.7 Å². The van der Waals surface area contributed by atoms with Crippen molar-refractivity contribution in [2.45, 2.75) is 6.42 Å². The fourth-order valence-electron chi connectivity index (χ4n) is 2.74. The van der Waals surface area contributed by atoms with Crippen LogP contribution in [0.15, 0.2) is 36.4 Å². The van der Waals surface area contributed by atoms with Gasteiger partial charge in [0.15, 0.2) is 6.61 Å². The van der Waals surface area contributed by atoms with Gasteiger partial charge in [-0.3, -0.25) is 9.59 Å². The molecular formula is C19H16ClFO5. The molecule has 7 heteroatoms. The monoisotopic (exact) mass is 378 g/mol. The fourth-order valence-corrected chi connectivity index (χ4v) is 2.94. The van der Waals surface area contributed by atoms with Crippen LogP contribution in [0.1, 0.15) is 15.9 Å². The summed E-state index contributed by atoms with van der Waals surface area (Å²) in [6.45, 7) is -0.345. The van der Waals surface area contributed by atoms with Crippen molar-refractivity contribution in [1.82, 2.24) is 0 Å². The number of benzene rings is 2. The Labute approximate surface area is 154 Å². The third-order valence-electron chi connectivity index (χ3n) is 4.07. The zero-order chi connectivity index (χ0) is 18.7. The summed E-state index contributed by atoms with van der Waals surface area (Å²) < 4.78 is 29.0. The van der Waals surface area contributed by atoms with Crippen molar-refractivity contribution in [3.63, 3.8) is 0 Å². The van der Waals surface area contributed by atoms with Gasteiger partial charge in [0.2, 0.25) is 5.78 Å². The normalized spacial score (nSPS) is 15.6. The Morgan fingerprint density at radius 2 is 2.08 bits per heavy atom. The number of methoxy groups -OCH3 is 1. The highest BCUT2D eigenvalue weighted by Crippen LogP contribution is 2.30. The maximum Gasteiger partial charge on any atom is 0.313 e. The lowest BCUT2D eigenvalue weighted by Gasteiger charge is -2.24. The minimum atomic E-state index is -0.574. The van der Waals surface area contributed by atoms with Gasteiger partial charge in [0.1, 0.15) is 23.9 Å². The lowest BCUT2D eigenvalue weighted by molar-refractivity contribution is -0.148. The molecule has 0 fully saturated rings. The van der Waals surface area contributed by atoms with Gasteiger partial charge in [-0.25, -0.2) is 4.39 Å². The summed E-state index contributed by atoms with van der Waals surface area (Å²) in [6, 6.07) is 8.78. The quantitative estimate of drug-likeness (QED) is 0.589. The van der Waals surface area contributed by atoms with E-state index in [1.807, 2.05) is 0 Å². The second kappa shape index (κ2) is 7.74. The second-order valence-electron chi connectivity index (χ2n) is 5.84. The molecule has 0 saturated carbocycles. The number of hydrogen-bond acceptors (Lipinski definition) is 5. The first-order valence-electron chi connectivity index (χ1n) is 7.92. The van der Waals surface area contributed by atoms with E-state index in [1.54, 1.807) is 18.2 Å². The predicted molar refractivity (Wildman–Crippen MR) is 92.4 cm³/mol. The fraction of sp³-hybridized carbons (Fsp3) is 0.263. The van der Waals surface area contributed by atoms with E-state index in [0.717, 1.165) is 11.6 Å². The van der Waals surface area contributed by atoms with Crippen LogP contribution >= 0.6 is 11.6 Å². The van der Waals surface area contributed by atoms with Gasteiger partial charge in [-0.2, -0.15) is 0 Å². The smallest absolute Gasteiger partial charge is 0.313 e. The average Bonchev–Trinajstić information content (AvgIpc) is 2.65.